The summed E-state index contributed by atoms with van der Waals surface area (Å²) < 4.78 is 7.75. The summed E-state index contributed by atoms with van der Waals surface area (Å²) >= 11 is 0. The number of likely N-dealkylation sites (tertiary alicyclic amines) is 1. The highest BCUT2D eigenvalue weighted by Crippen LogP contribution is 2.50. The summed E-state index contributed by atoms with van der Waals surface area (Å²) in [5.74, 6) is 1.55. The fourth-order valence-corrected chi connectivity index (χ4v) is 6.10. The highest BCUT2D eigenvalue weighted by Gasteiger charge is 2.55. The van der Waals surface area contributed by atoms with Gasteiger partial charge < -0.3 is 24.6 Å². The Hall–Kier alpha value is -3.03. The van der Waals surface area contributed by atoms with Gasteiger partial charge in [0, 0.05) is 61.5 Å². The molecule has 2 N–H and O–H groups in total. The quantitative estimate of drug-likeness (QED) is 0.609. The van der Waals surface area contributed by atoms with Crippen LogP contribution >= 0.6 is 0 Å². The summed E-state index contributed by atoms with van der Waals surface area (Å²) in [5.41, 5.74) is 4.26. The molecule has 0 bridgehead atoms. The van der Waals surface area contributed by atoms with E-state index < -0.39 is 0 Å². The van der Waals surface area contributed by atoms with Crippen LogP contribution in [0, 0.1) is 5.92 Å². The zero-order chi connectivity index (χ0) is 23.4. The Balaban J connectivity index is 1.38. The van der Waals surface area contributed by atoms with Crippen molar-refractivity contribution in [3.63, 3.8) is 0 Å². The number of hydrogen-bond acceptors (Lipinski definition) is 4. The number of benzene rings is 2. The van der Waals surface area contributed by atoms with Crippen LogP contribution in [0.25, 0.3) is 10.9 Å². The molecule has 3 aliphatic rings. The molecule has 34 heavy (non-hydrogen) atoms. The maximum Gasteiger partial charge on any atom is 0.321 e. The average Bonchev–Trinajstić information content (AvgIpc) is 3.60. The lowest BCUT2D eigenvalue weighted by atomic mass is 9.68. The Morgan fingerprint density at radius 3 is 2.59 bits per heavy atom. The largest absolute Gasteiger partial charge is 0.497 e. The van der Waals surface area contributed by atoms with Gasteiger partial charge in [-0.15, -0.1) is 0 Å². The van der Waals surface area contributed by atoms with Gasteiger partial charge in [0.15, 0.2) is 0 Å². The van der Waals surface area contributed by atoms with Crippen LogP contribution in [0.5, 0.6) is 5.75 Å². The first-order chi connectivity index (χ1) is 16.5. The van der Waals surface area contributed by atoms with E-state index in [-0.39, 0.29) is 24.1 Å². The van der Waals surface area contributed by atoms with Crippen LogP contribution in [0.15, 0.2) is 48.5 Å². The zero-order valence-corrected chi connectivity index (χ0v) is 19.8. The first kappa shape index (κ1) is 21.5. The molecule has 7 nitrogen and oxygen atoms in total. The third-order valence-corrected chi connectivity index (χ3v) is 7.91. The maximum absolute atomic E-state index is 13.0. The molecule has 0 radical (unpaired) electrons. The van der Waals surface area contributed by atoms with Crippen molar-refractivity contribution in [2.24, 2.45) is 13.0 Å². The van der Waals surface area contributed by atoms with Crippen LogP contribution in [0.1, 0.15) is 30.1 Å². The normalized spacial score (nSPS) is 21.4. The fourth-order valence-electron chi connectivity index (χ4n) is 6.10. The van der Waals surface area contributed by atoms with E-state index in [1.165, 1.54) is 29.5 Å². The Kier molecular flexibility index (Phi) is 5.08. The van der Waals surface area contributed by atoms with Crippen LogP contribution in [-0.4, -0.2) is 65.4 Å². The number of urea groups is 1. The average molecular weight is 461 g/mol. The third kappa shape index (κ3) is 3.37. The lowest BCUT2D eigenvalue weighted by Crippen LogP contribution is -2.68. The van der Waals surface area contributed by atoms with Gasteiger partial charge in [-0.3, -0.25) is 4.90 Å². The number of para-hydroxylation sites is 1. The van der Waals surface area contributed by atoms with Gasteiger partial charge in [-0.2, -0.15) is 0 Å². The summed E-state index contributed by atoms with van der Waals surface area (Å²) in [4.78, 5) is 17.4. The van der Waals surface area contributed by atoms with Crippen LogP contribution < -0.4 is 10.1 Å². The van der Waals surface area contributed by atoms with Crippen molar-refractivity contribution in [2.75, 3.05) is 45.2 Å². The van der Waals surface area contributed by atoms with Crippen molar-refractivity contribution in [2.45, 2.75) is 24.3 Å². The summed E-state index contributed by atoms with van der Waals surface area (Å²) in [6.07, 6.45) is 2.54. The van der Waals surface area contributed by atoms with Crippen molar-refractivity contribution >= 4 is 22.6 Å². The number of aryl methyl sites for hydroxylation is 1. The molecule has 2 aliphatic heterocycles. The van der Waals surface area contributed by atoms with Crippen LogP contribution in [0.2, 0.25) is 0 Å². The number of aromatic nitrogens is 1. The number of rotatable bonds is 5. The monoisotopic (exact) mass is 460 g/mol. The number of hydrogen-bond donors (Lipinski definition) is 2. The zero-order valence-electron chi connectivity index (χ0n) is 19.8. The molecule has 2 aromatic carbocycles. The van der Waals surface area contributed by atoms with Gasteiger partial charge in [-0.1, -0.05) is 18.2 Å². The molecular formula is C27H32N4O3. The van der Waals surface area contributed by atoms with Gasteiger partial charge in [0.1, 0.15) is 5.75 Å². The number of carbonyl (C=O) groups excluding carboxylic acids is 1. The van der Waals surface area contributed by atoms with Crippen molar-refractivity contribution in [3.05, 3.63) is 59.8 Å². The summed E-state index contributed by atoms with van der Waals surface area (Å²) in [5, 5.41) is 14.7. The molecule has 178 valence electrons. The minimum absolute atomic E-state index is 0.0307. The number of amides is 2. The predicted molar refractivity (Wildman–Crippen MR) is 132 cm³/mol. The molecule has 3 aromatic rings. The Labute approximate surface area is 199 Å². The van der Waals surface area contributed by atoms with Crippen LogP contribution in [-0.2, 0) is 12.5 Å². The second-order valence-corrected chi connectivity index (χ2v) is 10.2. The molecular weight excluding hydrogens is 428 g/mol. The lowest BCUT2D eigenvalue weighted by molar-refractivity contribution is 0.0130. The minimum Gasteiger partial charge on any atom is -0.497 e. The molecule has 1 saturated heterocycles. The standard InChI is InChI=1S/C27H32N4O3/c1-29-22-12-20(34-2)10-11-21(22)24-25(29)23(14-32)30(13-18-8-9-18)15-27(24)16-31(17-27)26(33)28-19-6-4-3-5-7-19/h3-7,10-12,18,23,32H,8-9,13-17H2,1-2H3,(H,28,33)/t23-/m0/s1. The fraction of sp³-hybridized carbons (Fsp3) is 0.444. The number of aliphatic hydroxyl groups is 1. The molecule has 1 saturated carbocycles. The van der Waals surface area contributed by atoms with Crippen LogP contribution in [0.4, 0.5) is 10.5 Å². The van der Waals surface area contributed by atoms with Crippen molar-refractivity contribution in [1.29, 1.82) is 0 Å². The Bertz CT molecular complexity index is 1230. The second kappa shape index (κ2) is 8.03. The molecule has 7 heteroatoms. The number of nitrogens with zero attached hydrogens (tertiary/aromatic N) is 3. The van der Waals surface area contributed by atoms with Gasteiger partial charge in [-0.25, -0.2) is 4.79 Å². The molecule has 2 amide bonds. The second-order valence-electron chi connectivity index (χ2n) is 10.2. The van der Waals surface area contributed by atoms with E-state index >= 15 is 0 Å². The number of carbonyl (C=O) groups is 1. The molecule has 6 rings (SSSR count). The van der Waals surface area contributed by atoms with Gasteiger partial charge in [0.2, 0.25) is 0 Å². The summed E-state index contributed by atoms with van der Waals surface area (Å²) in [7, 11) is 3.78. The molecule has 3 heterocycles. The maximum atomic E-state index is 13.0. The van der Waals surface area contributed by atoms with E-state index in [1.54, 1.807) is 7.11 Å². The SMILES string of the molecule is COc1ccc2c3c(n(C)c2c1)[C@H](CO)N(CC1CC1)CC31CN(C(=O)Nc2ccccc2)C1. The number of anilines is 1. The van der Waals surface area contributed by atoms with Crippen LogP contribution in [0.3, 0.4) is 0 Å². The number of fused-ring (bicyclic) bond motifs is 4. The molecule has 1 atom stereocenters. The van der Waals surface area contributed by atoms with Crippen molar-refractivity contribution in [1.82, 2.24) is 14.4 Å². The van der Waals surface area contributed by atoms with E-state index in [1.807, 2.05) is 41.3 Å². The van der Waals surface area contributed by atoms with Gasteiger partial charge in [0.25, 0.3) is 0 Å². The first-order valence-electron chi connectivity index (χ1n) is 12.2. The number of nitrogens with one attached hydrogen (secondary N) is 1. The van der Waals surface area contributed by atoms with E-state index in [0.29, 0.717) is 13.1 Å². The topological polar surface area (TPSA) is 70.0 Å². The van der Waals surface area contributed by atoms with E-state index in [0.717, 1.165) is 36.0 Å². The third-order valence-electron chi connectivity index (χ3n) is 7.91. The Morgan fingerprint density at radius 1 is 1.15 bits per heavy atom. The molecule has 1 aliphatic carbocycles. The Morgan fingerprint density at radius 2 is 1.91 bits per heavy atom. The molecule has 1 spiro atoms. The molecule has 2 fully saturated rings. The highest BCUT2D eigenvalue weighted by molar-refractivity contribution is 5.92. The van der Waals surface area contributed by atoms with Crippen molar-refractivity contribution in [3.8, 4) is 5.75 Å². The number of ether oxygens (including phenoxy) is 1. The smallest absolute Gasteiger partial charge is 0.321 e. The highest BCUT2D eigenvalue weighted by atomic mass is 16.5. The lowest BCUT2D eigenvalue weighted by Gasteiger charge is -2.56. The number of aliphatic hydroxyl groups excluding tert-OH is 1. The van der Waals surface area contributed by atoms with Crippen molar-refractivity contribution < 1.29 is 14.6 Å². The first-order valence-corrected chi connectivity index (χ1v) is 12.2. The summed E-state index contributed by atoms with van der Waals surface area (Å²) in [6, 6.07) is 15.8. The number of methoxy groups -OCH3 is 1. The van der Waals surface area contributed by atoms with Gasteiger partial charge >= 0.3 is 6.03 Å². The van der Waals surface area contributed by atoms with E-state index in [4.69, 9.17) is 4.74 Å². The summed E-state index contributed by atoms with van der Waals surface area (Å²) in [6.45, 7) is 3.30. The van der Waals surface area contributed by atoms with Gasteiger partial charge in [-0.05, 0) is 48.6 Å². The molecule has 0 unspecified atom stereocenters. The predicted octanol–water partition coefficient (Wildman–Crippen LogP) is 3.73. The van der Waals surface area contributed by atoms with E-state index in [2.05, 4.69) is 34.0 Å². The van der Waals surface area contributed by atoms with E-state index in [9.17, 15) is 9.90 Å². The molecule has 1 aromatic heterocycles. The minimum atomic E-state index is -0.141. The van der Waals surface area contributed by atoms with Gasteiger partial charge in [0.05, 0.1) is 25.3 Å².